The van der Waals surface area contributed by atoms with Gasteiger partial charge >= 0.3 is 12.4 Å². The summed E-state index contributed by atoms with van der Waals surface area (Å²) < 4.78 is 82.1. The van der Waals surface area contributed by atoms with Crippen LogP contribution in [0.3, 0.4) is 0 Å². The molecule has 0 radical (unpaired) electrons. The van der Waals surface area contributed by atoms with Gasteiger partial charge in [0, 0.05) is 18.4 Å². The summed E-state index contributed by atoms with van der Waals surface area (Å²) in [6.07, 6.45) is -7.52. The van der Waals surface area contributed by atoms with Crippen LogP contribution in [0.2, 0.25) is 0 Å². The highest BCUT2D eigenvalue weighted by molar-refractivity contribution is 7.98. The zero-order valence-electron chi connectivity index (χ0n) is 10.3. The fourth-order valence-corrected chi connectivity index (χ4v) is 2.50. The highest BCUT2D eigenvalue weighted by atomic mass is 32.2. The molecular formula is C10H7F6N3OS. The largest absolute Gasteiger partial charge is 0.440 e. The zero-order chi connectivity index (χ0) is 15.8. The van der Waals surface area contributed by atoms with Crippen LogP contribution < -0.4 is 0 Å². The molecular weight excluding hydrogens is 324 g/mol. The van der Waals surface area contributed by atoms with Crippen molar-refractivity contribution < 1.29 is 30.8 Å². The van der Waals surface area contributed by atoms with Gasteiger partial charge in [0.15, 0.2) is 5.69 Å². The summed E-state index contributed by atoms with van der Waals surface area (Å²) >= 11 is 0.623. The van der Waals surface area contributed by atoms with Crippen LogP contribution in [0.15, 0.2) is 22.1 Å². The molecule has 2 aromatic rings. The highest BCUT2D eigenvalue weighted by Crippen LogP contribution is 2.41. The van der Waals surface area contributed by atoms with Crippen molar-refractivity contribution in [1.82, 2.24) is 14.8 Å². The van der Waals surface area contributed by atoms with E-state index in [2.05, 4.69) is 10.1 Å². The first kappa shape index (κ1) is 15.7. The fourth-order valence-electron chi connectivity index (χ4n) is 1.70. The molecule has 0 amide bonds. The lowest BCUT2D eigenvalue weighted by atomic mass is 10.2. The van der Waals surface area contributed by atoms with Crippen LogP contribution >= 0.6 is 11.8 Å². The van der Waals surface area contributed by atoms with E-state index in [9.17, 15) is 26.3 Å². The van der Waals surface area contributed by atoms with Crippen LogP contribution in [0.1, 0.15) is 17.0 Å². The molecule has 0 atom stereocenters. The maximum Gasteiger partial charge on any atom is 0.435 e. The Morgan fingerprint density at radius 1 is 1.19 bits per heavy atom. The van der Waals surface area contributed by atoms with Crippen molar-refractivity contribution in [2.75, 3.05) is 0 Å². The summed E-state index contributed by atoms with van der Waals surface area (Å²) in [5, 5.41) is 2.93. The SMILES string of the molecule is Cn1nc(C(F)(F)F)c(CSc2ncco2)c1C(F)(F)F. The van der Waals surface area contributed by atoms with Gasteiger partial charge in [-0.2, -0.15) is 31.4 Å². The van der Waals surface area contributed by atoms with Gasteiger partial charge < -0.3 is 4.42 Å². The van der Waals surface area contributed by atoms with E-state index < -0.39 is 35.1 Å². The van der Waals surface area contributed by atoms with E-state index in [-0.39, 0.29) is 9.90 Å². The van der Waals surface area contributed by atoms with E-state index in [0.29, 0.717) is 11.8 Å². The molecule has 0 N–H and O–H groups in total. The second-order valence-electron chi connectivity index (χ2n) is 3.88. The summed E-state index contributed by atoms with van der Waals surface area (Å²) in [6.45, 7) is 0. The molecule has 0 saturated carbocycles. The van der Waals surface area contributed by atoms with Gasteiger partial charge in [0.2, 0.25) is 0 Å². The first-order valence-electron chi connectivity index (χ1n) is 5.33. The van der Waals surface area contributed by atoms with Crippen molar-refractivity contribution in [1.29, 1.82) is 0 Å². The van der Waals surface area contributed by atoms with E-state index in [4.69, 9.17) is 4.42 Å². The van der Waals surface area contributed by atoms with Crippen LogP contribution in [0.5, 0.6) is 0 Å². The third-order valence-electron chi connectivity index (χ3n) is 2.43. The molecule has 4 nitrogen and oxygen atoms in total. The second kappa shape index (κ2) is 5.28. The summed E-state index contributed by atoms with van der Waals surface area (Å²) in [6, 6.07) is 0. The van der Waals surface area contributed by atoms with E-state index in [1.165, 1.54) is 12.5 Å². The monoisotopic (exact) mass is 331 g/mol. The average Bonchev–Trinajstić information content (AvgIpc) is 2.90. The molecule has 11 heteroatoms. The molecule has 0 aromatic carbocycles. The van der Waals surface area contributed by atoms with Crippen molar-refractivity contribution in [3.63, 3.8) is 0 Å². The smallest absolute Gasteiger partial charge is 0.435 e. The van der Waals surface area contributed by atoms with Crippen molar-refractivity contribution in [2.24, 2.45) is 7.05 Å². The van der Waals surface area contributed by atoms with Gasteiger partial charge in [-0.15, -0.1) is 0 Å². The molecule has 116 valence electrons. The predicted molar refractivity (Wildman–Crippen MR) is 59.3 cm³/mol. The van der Waals surface area contributed by atoms with Crippen LogP contribution in [0.25, 0.3) is 0 Å². The Hall–Kier alpha value is -1.65. The van der Waals surface area contributed by atoms with Gasteiger partial charge in [-0.25, -0.2) is 4.98 Å². The maximum atomic E-state index is 12.9. The van der Waals surface area contributed by atoms with Crippen molar-refractivity contribution in [3.05, 3.63) is 29.4 Å². The van der Waals surface area contributed by atoms with E-state index >= 15 is 0 Å². The van der Waals surface area contributed by atoms with E-state index in [1.54, 1.807) is 0 Å². The molecule has 0 aliphatic rings. The molecule has 2 rings (SSSR count). The lowest BCUT2D eigenvalue weighted by molar-refractivity contribution is -0.144. The molecule has 2 aromatic heterocycles. The average molecular weight is 331 g/mol. The fraction of sp³-hybridized carbons (Fsp3) is 0.400. The molecule has 21 heavy (non-hydrogen) atoms. The Morgan fingerprint density at radius 2 is 1.86 bits per heavy atom. The number of hydrogen-bond acceptors (Lipinski definition) is 4. The van der Waals surface area contributed by atoms with Crippen LogP contribution in [0.4, 0.5) is 26.3 Å². The summed E-state index contributed by atoms with van der Waals surface area (Å²) in [5.41, 5.74) is -3.94. The molecule has 0 aliphatic heterocycles. The number of oxazole rings is 1. The Morgan fingerprint density at radius 3 is 2.33 bits per heavy atom. The molecule has 0 unspecified atom stereocenters. The Kier molecular flexibility index (Phi) is 3.95. The predicted octanol–water partition coefficient (Wildman–Crippen LogP) is 3.74. The molecule has 0 spiro atoms. The van der Waals surface area contributed by atoms with Gasteiger partial charge in [-0.1, -0.05) is 11.8 Å². The first-order valence-corrected chi connectivity index (χ1v) is 6.32. The normalized spacial score (nSPS) is 12.9. The molecule has 2 heterocycles. The second-order valence-corrected chi connectivity index (χ2v) is 4.81. The highest BCUT2D eigenvalue weighted by Gasteiger charge is 2.45. The number of alkyl halides is 6. The van der Waals surface area contributed by atoms with Crippen LogP contribution in [-0.2, 0) is 25.2 Å². The number of halogens is 6. The lowest BCUT2D eigenvalue weighted by Gasteiger charge is -2.10. The lowest BCUT2D eigenvalue weighted by Crippen LogP contribution is -2.14. The molecule has 0 bridgehead atoms. The Balaban J connectivity index is 2.44. The minimum Gasteiger partial charge on any atom is -0.440 e. The van der Waals surface area contributed by atoms with E-state index in [0.717, 1.165) is 7.05 Å². The number of nitrogens with zero attached hydrogens (tertiary/aromatic N) is 3. The van der Waals surface area contributed by atoms with Crippen molar-refractivity contribution in [2.45, 2.75) is 23.3 Å². The van der Waals surface area contributed by atoms with Gasteiger partial charge in [-0.3, -0.25) is 4.68 Å². The number of rotatable bonds is 3. The molecule has 0 aliphatic carbocycles. The quantitative estimate of drug-likeness (QED) is 0.635. The van der Waals surface area contributed by atoms with Crippen molar-refractivity contribution >= 4 is 11.8 Å². The zero-order valence-corrected chi connectivity index (χ0v) is 11.1. The Labute approximate surface area is 118 Å². The standard InChI is InChI=1S/C10H7F6N3OS/c1-19-7(10(14,15)16)5(6(18-19)9(11,12)13)4-21-8-17-2-3-20-8/h2-3H,4H2,1H3. The number of thioether (sulfide) groups is 1. The summed E-state index contributed by atoms with van der Waals surface area (Å²) in [7, 11) is 0.817. The molecule has 0 fully saturated rings. The van der Waals surface area contributed by atoms with Gasteiger partial charge in [-0.05, 0) is 0 Å². The maximum absolute atomic E-state index is 12.9. The first-order chi connectivity index (χ1) is 9.60. The number of hydrogen-bond donors (Lipinski definition) is 0. The van der Waals surface area contributed by atoms with Crippen molar-refractivity contribution in [3.8, 4) is 0 Å². The minimum atomic E-state index is -4.98. The van der Waals surface area contributed by atoms with Gasteiger partial charge in [0.1, 0.15) is 12.0 Å². The van der Waals surface area contributed by atoms with Crippen LogP contribution in [-0.4, -0.2) is 14.8 Å². The summed E-state index contributed by atoms with van der Waals surface area (Å²) in [5.74, 6) is -0.613. The third-order valence-corrected chi connectivity index (χ3v) is 3.31. The topological polar surface area (TPSA) is 43.9 Å². The molecule has 0 saturated heterocycles. The van der Waals surface area contributed by atoms with Gasteiger partial charge in [0.25, 0.3) is 5.22 Å². The third kappa shape index (κ3) is 3.34. The minimum absolute atomic E-state index is 0.0277. The summed E-state index contributed by atoms with van der Waals surface area (Å²) in [4.78, 5) is 3.63. The van der Waals surface area contributed by atoms with Crippen LogP contribution in [0, 0.1) is 0 Å². The Bertz CT molecular complexity index is 616. The van der Waals surface area contributed by atoms with Gasteiger partial charge in [0.05, 0.1) is 6.20 Å². The van der Waals surface area contributed by atoms with E-state index in [1.807, 2.05) is 0 Å². The number of aryl methyl sites for hydroxylation is 1. The number of aromatic nitrogens is 3.